The quantitative estimate of drug-likeness (QED) is 0.466. The SMILES string of the molecule is CC[C@@H](C(N)=O)N1CC(CCNC(=O)CSCC(=O)NC)CC1=O. The Bertz CT molecular complexity index is 486. The number of likely N-dealkylation sites (tertiary alicyclic amines) is 1. The highest BCUT2D eigenvalue weighted by atomic mass is 32.2. The molecule has 0 aromatic rings. The van der Waals surface area contributed by atoms with Gasteiger partial charge in [-0.1, -0.05) is 6.92 Å². The van der Waals surface area contributed by atoms with E-state index in [0.717, 1.165) is 0 Å². The van der Waals surface area contributed by atoms with Crippen LogP contribution in [0, 0.1) is 5.92 Å². The van der Waals surface area contributed by atoms with Crippen LogP contribution in [-0.4, -0.2) is 66.2 Å². The van der Waals surface area contributed by atoms with Crippen LogP contribution >= 0.6 is 11.8 Å². The highest BCUT2D eigenvalue weighted by Gasteiger charge is 2.35. The summed E-state index contributed by atoms with van der Waals surface area (Å²) in [5.41, 5.74) is 5.33. The zero-order valence-corrected chi connectivity index (χ0v) is 15.0. The van der Waals surface area contributed by atoms with E-state index in [0.29, 0.717) is 32.4 Å². The molecule has 0 saturated carbocycles. The highest BCUT2D eigenvalue weighted by Crippen LogP contribution is 2.23. The molecule has 9 heteroatoms. The van der Waals surface area contributed by atoms with Crippen LogP contribution in [0.5, 0.6) is 0 Å². The van der Waals surface area contributed by atoms with Gasteiger partial charge in [-0.05, 0) is 18.8 Å². The number of rotatable bonds is 10. The first kappa shape index (κ1) is 20.3. The van der Waals surface area contributed by atoms with Crippen molar-refractivity contribution in [2.45, 2.75) is 32.2 Å². The minimum absolute atomic E-state index is 0.0573. The molecular weight excluding hydrogens is 332 g/mol. The molecule has 2 atom stereocenters. The molecule has 1 heterocycles. The van der Waals surface area contributed by atoms with Gasteiger partial charge in [0.05, 0.1) is 11.5 Å². The fourth-order valence-corrected chi connectivity index (χ4v) is 3.37. The number of primary amides is 1. The molecule has 0 spiro atoms. The number of amides is 4. The van der Waals surface area contributed by atoms with E-state index in [1.807, 2.05) is 6.92 Å². The van der Waals surface area contributed by atoms with Gasteiger partial charge in [-0.3, -0.25) is 19.2 Å². The van der Waals surface area contributed by atoms with Crippen molar-refractivity contribution in [1.29, 1.82) is 0 Å². The number of nitrogens with two attached hydrogens (primary N) is 1. The molecule has 1 aliphatic heterocycles. The number of nitrogens with one attached hydrogen (secondary N) is 2. The van der Waals surface area contributed by atoms with Gasteiger partial charge in [0.1, 0.15) is 6.04 Å². The van der Waals surface area contributed by atoms with Crippen LogP contribution < -0.4 is 16.4 Å². The topological polar surface area (TPSA) is 122 Å². The van der Waals surface area contributed by atoms with Gasteiger partial charge >= 0.3 is 0 Å². The van der Waals surface area contributed by atoms with E-state index in [1.54, 1.807) is 11.9 Å². The molecule has 0 aliphatic carbocycles. The summed E-state index contributed by atoms with van der Waals surface area (Å²) in [5, 5.41) is 5.27. The first-order chi connectivity index (χ1) is 11.4. The Labute approximate surface area is 146 Å². The van der Waals surface area contributed by atoms with Crippen molar-refractivity contribution in [2.24, 2.45) is 11.7 Å². The van der Waals surface area contributed by atoms with Gasteiger partial charge in [-0.15, -0.1) is 11.8 Å². The monoisotopic (exact) mass is 358 g/mol. The van der Waals surface area contributed by atoms with Gasteiger partial charge in [-0.2, -0.15) is 0 Å². The van der Waals surface area contributed by atoms with Crippen molar-refractivity contribution in [2.75, 3.05) is 31.6 Å². The lowest BCUT2D eigenvalue weighted by Crippen LogP contribution is -2.45. The molecule has 4 N–H and O–H groups in total. The molecule has 1 unspecified atom stereocenters. The molecule has 8 nitrogen and oxygen atoms in total. The van der Waals surface area contributed by atoms with E-state index in [9.17, 15) is 19.2 Å². The van der Waals surface area contributed by atoms with E-state index in [1.165, 1.54) is 11.8 Å². The van der Waals surface area contributed by atoms with Crippen LogP contribution in [0.2, 0.25) is 0 Å². The fourth-order valence-electron chi connectivity index (χ4n) is 2.65. The van der Waals surface area contributed by atoms with Crippen LogP contribution in [0.3, 0.4) is 0 Å². The second kappa shape index (κ2) is 10.2. The van der Waals surface area contributed by atoms with E-state index in [-0.39, 0.29) is 35.1 Å². The Kier molecular flexibility index (Phi) is 8.59. The van der Waals surface area contributed by atoms with Crippen LogP contribution in [0.1, 0.15) is 26.2 Å². The Hall–Kier alpha value is -1.77. The van der Waals surface area contributed by atoms with E-state index < -0.39 is 11.9 Å². The second-order valence-corrected chi connectivity index (χ2v) is 6.73. The molecule has 0 bridgehead atoms. The lowest BCUT2D eigenvalue weighted by Gasteiger charge is -2.24. The first-order valence-electron chi connectivity index (χ1n) is 8.02. The third kappa shape index (κ3) is 6.38. The maximum absolute atomic E-state index is 12.0. The summed E-state index contributed by atoms with van der Waals surface area (Å²) in [6.45, 7) is 2.80. The summed E-state index contributed by atoms with van der Waals surface area (Å²) < 4.78 is 0. The first-order valence-corrected chi connectivity index (χ1v) is 9.18. The zero-order chi connectivity index (χ0) is 18.1. The van der Waals surface area contributed by atoms with Crippen molar-refractivity contribution in [3.63, 3.8) is 0 Å². The van der Waals surface area contributed by atoms with Crippen LogP contribution in [0.4, 0.5) is 0 Å². The Morgan fingerprint density at radius 1 is 1.33 bits per heavy atom. The molecule has 0 aromatic heterocycles. The lowest BCUT2D eigenvalue weighted by atomic mass is 10.0. The van der Waals surface area contributed by atoms with Gasteiger partial charge in [0.15, 0.2) is 0 Å². The molecule has 24 heavy (non-hydrogen) atoms. The normalized spacial score (nSPS) is 18.3. The Morgan fingerprint density at radius 3 is 2.58 bits per heavy atom. The van der Waals surface area contributed by atoms with Crippen molar-refractivity contribution < 1.29 is 19.2 Å². The van der Waals surface area contributed by atoms with Gasteiger partial charge in [0.2, 0.25) is 23.6 Å². The van der Waals surface area contributed by atoms with E-state index in [2.05, 4.69) is 10.6 Å². The second-order valence-electron chi connectivity index (χ2n) is 5.75. The molecule has 1 saturated heterocycles. The van der Waals surface area contributed by atoms with Gasteiger partial charge in [0, 0.05) is 26.6 Å². The van der Waals surface area contributed by atoms with Crippen molar-refractivity contribution in [3.8, 4) is 0 Å². The van der Waals surface area contributed by atoms with Crippen molar-refractivity contribution >= 4 is 35.4 Å². The lowest BCUT2D eigenvalue weighted by molar-refractivity contribution is -0.136. The van der Waals surface area contributed by atoms with Crippen LogP contribution in [-0.2, 0) is 19.2 Å². The number of thioether (sulfide) groups is 1. The largest absolute Gasteiger partial charge is 0.368 e. The predicted octanol–water partition coefficient (Wildman–Crippen LogP) is -0.916. The number of carbonyl (C=O) groups is 4. The van der Waals surface area contributed by atoms with Gasteiger partial charge in [-0.25, -0.2) is 0 Å². The molecule has 1 aliphatic rings. The maximum atomic E-state index is 12.0. The summed E-state index contributed by atoms with van der Waals surface area (Å²) >= 11 is 1.25. The molecule has 0 aromatic carbocycles. The van der Waals surface area contributed by atoms with E-state index >= 15 is 0 Å². The molecule has 136 valence electrons. The summed E-state index contributed by atoms with van der Waals surface area (Å²) in [5.74, 6) is -0.189. The highest BCUT2D eigenvalue weighted by molar-refractivity contribution is 8.00. The Morgan fingerprint density at radius 2 is 2.00 bits per heavy atom. The minimum Gasteiger partial charge on any atom is -0.368 e. The van der Waals surface area contributed by atoms with Gasteiger partial charge < -0.3 is 21.3 Å². The van der Waals surface area contributed by atoms with Gasteiger partial charge in [0.25, 0.3) is 0 Å². The molecule has 1 rings (SSSR count). The maximum Gasteiger partial charge on any atom is 0.240 e. The number of nitrogens with zero attached hydrogens (tertiary/aromatic N) is 1. The molecule has 4 amide bonds. The average Bonchev–Trinajstić information content (AvgIpc) is 2.88. The number of hydrogen-bond acceptors (Lipinski definition) is 5. The van der Waals surface area contributed by atoms with Crippen molar-refractivity contribution in [3.05, 3.63) is 0 Å². The standard InChI is InChI=1S/C15H26N4O4S/c1-3-11(15(16)23)19-7-10(6-14(19)22)4-5-18-13(21)9-24-8-12(20)17-2/h10-11H,3-9H2,1-2H3,(H2,16,23)(H,17,20)(H,18,21)/t10?,11-/m0/s1. The fraction of sp³-hybridized carbons (Fsp3) is 0.733. The summed E-state index contributed by atoms with van der Waals surface area (Å²) in [6, 6.07) is -0.543. The minimum atomic E-state index is -0.543. The van der Waals surface area contributed by atoms with Crippen LogP contribution in [0.15, 0.2) is 0 Å². The number of hydrogen-bond donors (Lipinski definition) is 3. The molecule has 1 fully saturated rings. The Balaban J connectivity index is 2.26. The molecule has 0 radical (unpaired) electrons. The summed E-state index contributed by atoms with van der Waals surface area (Å²) in [4.78, 5) is 47.6. The third-order valence-electron chi connectivity index (χ3n) is 3.95. The summed E-state index contributed by atoms with van der Waals surface area (Å²) in [6.07, 6.45) is 1.56. The predicted molar refractivity (Wildman–Crippen MR) is 92.1 cm³/mol. The van der Waals surface area contributed by atoms with Crippen molar-refractivity contribution in [1.82, 2.24) is 15.5 Å². The third-order valence-corrected chi connectivity index (χ3v) is 4.88. The summed E-state index contributed by atoms with van der Waals surface area (Å²) in [7, 11) is 1.55. The molecular formula is C15H26N4O4S. The zero-order valence-electron chi connectivity index (χ0n) is 14.2. The van der Waals surface area contributed by atoms with Crippen LogP contribution in [0.25, 0.3) is 0 Å². The smallest absolute Gasteiger partial charge is 0.240 e. The van der Waals surface area contributed by atoms with E-state index in [4.69, 9.17) is 5.73 Å². The number of carbonyl (C=O) groups excluding carboxylic acids is 4. The average molecular weight is 358 g/mol.